The highest BCUT2D eigenvalue weighted by Crippen LogP contribution is 2.21. The van der Waals surface area contributed by atoms with Crippen LogP contribution in [0.25, 0.3) is 10.8 Å². The van der Waals surface area contributed by atoms with Gasteiger partial charge in [-0.1, -0.05) is 68.4 Å². The Bertz CT molecular complexity index is 1080. The first-order valence-electron chi connectivity index (χ1n) is 11.7. The van der Waals surface area contributed by atoms with E-state index in [4.69, 9.17) is 0 Å². The van der Waals surface area contributed by atoms with Crippen molar-refractivity contribution in [3.63, 3.8) is 0 Å². The van der Waals surface area contributed by atoms with E-state index in [1.54, 1.807) is 17.0 Å². The molecule has 0 saturated heterocycles. The number of aryl methyl sites for hydroxylation is 1. The van der Waals surface area contributed by atoms with Crippen molar-refractivity contribution in [1.82, 2.24) is 10.2 Å². The number of hydrogen-bond acceptors (Lipinski definition) is 2. The van der Waals surface area contributed by atoms with Crippen LogP contribution in [0.3, 0.4) is 0 Å². The van der Waals surface area contributed by atoms with E-state index in [-0.39, 0.29) is 30.2 Å². The summed E-state index contributed by atoms with van der Waals surface area (Å²) in [7, 11) is 0. The summed E-state index contributed by atoms with van der Waals surface area (Å²) >= 11 is 0. The van der Waals surface area contributed by atoms with E-state index in [0.29, 0.717) is 19.3 Å². The van der Waals surface area contributed by atoms with Gasteiger partial charge in [-0.2, -0.15) is 0 Å². The van der Waals surface area contributed by atoms with Crippen LogP contribution in [-0.2, 0) is 22.6 Å². The fraction of sp³-hybridized carbons (Fsp3) is 0.357. The Labute approximate surface area is 195 Å². The normalized spacial score (nSPS) is 12.8. The molecule has 3 aromatic carbocycles. The maximum atomic E-state index is 13.5. The molecule has 0 unspecified atom stereocenters. The molecule has 0 spiro atoms. The maximum Gasteiger partial charge on any atom is 0.243 e. The Balaban J connectivity index is 1.82. The number of nitrogens with zero attached hydrogens (tertiary/aromatic N) is 1. The number of carbonyl (C=O) groups excluding carboxylic acids is 2. The first-order valence-corrected chi connectivity index (χ1v) is 11.7. The SMILES string of the molecule is CC[C@H](C(=O)N[C@@H](C)CC)N(Cc1ccc(F)cc1)C(=O)CCc1cccc2ccccc12. The van der Waals surface area contributed by atoms with Gasteiger partial charge < -0.3 is 10.2 Å². The van der Waals surface area contributed by atoms with Crippen molar-refractivity contribution in [3.05, 3.63) is 83.7 Å². The molecule has 0 aliphatic carbocycles. The monoisotopic (exact) mass is 448 g/mol. The summed E-state index contributed by atoms with van der Waals surface area (Å²) in [6.45, 7) is 6.15. The Morgan fingerprint density at radius 3 is 2.33 bits per heavy atom. The van der Waals surface area contributed by atoms with Crippen LogP contribution in [0, 0.1) is 5.82 Å². The van der Waals surface area contributed by atoms with E-state index in [9.17, 15) is 14.0 Å². The molecule has 0 fully saturated rings. The number of amides is 2. The number of halogens is 1. The molecule has 0 radical (unpaired) electrons. The molecule has 0 aromatic heterocycles. The van der Waals surface area contributed by atoms with Gasteiger partial charge in [-0.05, 0) is 60.2 Å². The van der Waals surface area contributed by atoms with E-state index >= 15 is 0 Å². The smallest absolute Gasteiger partial charge is 0.243 e. The molecular formula is C28H33FN2O2. The van der Waals surface area contributed by atoms with Crippen LogP contribution in [0.5, 0.6) is 0 Å². The molecule has 0 bridgehead atoms. The molecule has 0 aliphatic heterocycles. The van der Waals surface area contributed by atoms with Crippen LogP contribution in [0.15, 0.2) is 66.7 Å². The molecule has 0 aliphatic rings. The topological polar surface area (TPSA) is 49.4 Å². The lowest BCUT2D eigenvalue weighted by atomic mass is 10.00. The third kappa shape index (κ3) is 6.41. The van der Waals surface area contributed by atoms with Crippen molar-refractivity contribution >= 4 is 22.6 Å². The summed E-state index contributed by atoms with van der Waals surface area (Å²) in [4.78, 5) is 28.1. The summed E-state index contributed by atoms with van der Waals surface area (Å²) in [6, 6.07) is 19.8. The summed E-state index contributed by atoms with van der Waals surface area (Å²) in [6.07, 6.45) is 2.20. The van der Waals surface area contributed by atoms with Gasteiger partial charge in [-0.15, -0.1) is 0 Å². The predicted octanol–water partition coefficient (Wildman–Crippen LogP) is 5.63. The second kappa shape index (κ2) is 11.6. The highest BCUT2D eigenvalue weighted by Gasteiger charge is 2.29. The largest absolute Gasteiger partial charge is 0.352 e. The molecule has 2 amide bonds. The van der Waals surface area contributed by atoms with E-state index in [2.05, 4.69) is 23.5 Å². The molecule has 3 aromatic rings. The Morgan fingerprint density at radius 1 is 0.939 bits per heavy atom. The van der Waals surface area contributed by atoms with Crippen LogP contribution in [0.1, 0.15) is 51.2 Å². The van der Waals surface area contributed by atoms with E-state index in [1.165, 1.54) is 12.1 Å². The lowest BCUT2D eigenvalue weighted by Crippen LogP contribution is -2.50. The Morgan fingerprint density at radius 2 is 1.64 bits per heavy atom. The highest BCUT2D eigenvalue weighted by atomic mass is 19.1. The minimum Gasteiger partial charge on any atom is -0.352 e. The summed E-state index contributed by atoms with van der Waals surface area (Å²) < 4.78 is 13.4. The number of benzene rings is 3. The highest BCUT2D eigenvalue weighted by molar-refractivity contribution is 5.89. The van der Waals surface area contributed by atoms with Crippen molar-refractivity contribution in [2.24, 2.45) is 0 Å². The van der Waals surface area contributed by atoms with Crippen molar-refractivity contribution in [1.29, 1.82) is 0 Å². The van der Waals surface area contributed by atoms with Gasteiger partial charge in [0.05, 0.1) is 0 Å². The predicted molar refractivity (Wildman–Crippen MR) is 131 cm³/mol. The van der Waals surface area contributed by atoms with Gasteiger partial charge in [0, 0.05) is 19.0 Å². The zero-order valence-electron chi connectivity index (χ0n) is 19.7. The van der Waals surface area contributed by atoms with Gasteiger partial charge in [0.15, 0.2) is 0 Å². The first kappa shape index (κ1) is 24.4. The summed E-state index contributed by atoms with van der Waals surface area (Å²) in [5, 5.41) is 5.30. The van der Waals surface area contributed by atoms with E-state index in [0.717, 1.165) is 28.3 Å². The van der Waals surface area contributed by atoms with Crippen LogP contribution in [0.2, 0.25) is 0 Å². The summed E-state index contributed by atoms with van der Waals surface area (Å²) in [5.41, 5.74) is 1.91. The van der Waals surface area contributed by atoms with Crippen LogP contribution in [0.4, 0.5) is 4.39 Å². The van der Waals surface area contributed by atoms with Crippen molar-refractivity contribution in [2.45, 2.75) is 65.1 Å². The van der Waals surface area contributed by atoms with Gasteiger partial charge in [0.2, 0.25) is 11.8 Å². The van der Waals surface area contributed by atoms with Gasteiger partial charge in [-0.3, -0.25) is 9.59 Å². The van der Waals surface area contributed by atoms with Gasteiger partial charge in [0.25, 0.3) is 0 Å². The van der Waals surface area contributed by atoms with Crippen molar-refractivity contribution in [2.75, 3.05) is 0 Å². The minimum absolute atomic E-state index is 0.0324. The fourth-order valence-electron chi connectivity index (χ4n) is 4.04. The Hall–Kier alpha value is -3.21. The number of rotatable bonds is 10. The van der Waals surface area contributed by atoms with Crippen LogP contribution < -0.4 is 5.32 Å². The van der Waals surface area contributed by atoms with E-state index in [1.807, 2.05) is 45.0 Å². The molecule has 1 N–H and O–H groups in total. The molecule has 3 rings (SSSR count). The Kier molecular flexibility index (Phi) is 8.58. The van der Waals surface area contributed by atoms with Crippen LogP contribution >= 0.6 is 0 Å². The molecule has 33 heavy (non-hydrogen) atoms. The van der Waals surface area contributed by atoms with Gasteiger partial charge >= 0.3 is 0 Å². The van der Waals surface area contributed by atoms with Gasteiger partial charge in [0.1, 0.15) is 11.9 Å². The van der Waals surface area contributed by atoms with Crippen LogP contribution in [-0.4, -0.2) is 28.8 Å². The average molecular weight is 449 g/mol. The maximum absolute atomic E-state index is 13.5. The second-order valence-corrected chi connectivity index (χ2v) is 8.53. The molecular weight excluding hydrogens is 415 g/mol. The van der Waals surface area contributed by atoms with Crippen molar-refractivity contribution < 1.29 is 14.0 Å². The quantitative estimate of drug-likeness (QED) is 0.437. The third-order valence-corrected chi connectivity index (χ3v) is 6.14. The number of nitrogens with one attached hydrogen (secondary N) is 1. The zero-order valence-corrected chi connectivity index (χ0v) is 19.7. The molecule has 2 atom stereocenters. The fourth-order valence-corrected chi connectivity index (χ4v) is 4.04. The van der Waals surface area contributed by atoms with Crippen molar-refractivity contribution in [3.8, 4) is 0 Å². The number of fused-ring (bicyclic) bond motifs is 1. The van der Waals surface area contributed by atoms with Gasteiger partial charge in [-0.25, -0.2) is 4.39 Å². The lowest BCUT2D eigenvalue weighted by molar-refractivity contribution is -0.141. The molecule has 0 saturated carbocycles. The number of carbonyl (C=O) groups is 2. The molecule has 5 heteroatoms. The van der Waals surface area contributed by atoms with E-state index < -0.39 is 6.04 Å². The standard InChI is InChI=1S/C28H33FN2O2/c1-4-20(3)30-28(33)26(5-2)31(19-21-13-16-24(29)17-14-21)27(32)18-15-23-11-8-10-22-9-6-7-12-25(22)23/h6-14,16-17,20,26H,4-5,15,18-19H2,1-3H3,(H,30,33)/t20-,26+/m0/s1. The molecule has 4 nitrogen and oxygen atoms in total. The third-order valence-electron chi connectivity index (χ3n) is 6.14. The lowest BCUT2D eigenvalue weighted by Gasteiger charge is -2.31. The summed E-state index contributed by atoms with van der Waals surface area (Å²) in [5.74, 6) is -0.556. The average Bonchev–Trinajstić information content (AvgIpc) is 2.83. The molecule has 0 heterocycles. The number of hydrogen-bond donors (Lipinski definition) is 1. The minimum atomic E-state index is -0.580. The first-order chi connectivity index (χ1) is 15.9. The zero-order chi connectivity index (χ0) is 23.8. The molecule has 174 valence electrons. The second-order valence-electron chi connectivity index (χ2n) is 8.53.